The van der Waals surface area contributed by atoms with Gasteiger partial charge in [-0.05, 0) is 20.8 Å². The van der Waals surface area contributed by atoms with Crippen molar-refractivity contribution in [3.8, 4) is 0 Å². The lowest BCUT2D eigenvalue weighted by Gasteiger charge is -2.27. The fraction of sp³-hybridized carbons (Fsp3) is 0.818. The lowest BCUT2D eigenvalue weighted by atomic mass is 10.2. The first-order chi connectivity index (χ1) is 7.74. The van der Waals surface area contributed by atoms with E-state index in [4.69, 9.17) is 4.74 Å². The maximum atomic E-state index is 13.3. The molecule has 5 nitrogen and oxygen atoms in total. The Labute approximate surface area is 99.9 Å². The molecule has 17 heavy (non-hydrogen) atoms. The highest BCUT2D eigenvalue weighted by Crippen LogP contribution is 2.23. The van der Waals surface area contributed by atoms with Crippen molar-refractivity contribution >= 4 is 12.1 Å². The Morgan fingerprint density at radius 3 is 2.41 bits per heavy atom. The minimum Gasteiger partial charge on any atom is -0.467 e. The van der Waals surface area contributed by atoms with Crippen LogP contribution < -0.4 is 0 Å². The standard InChI is InChI=1S/C11H18FNO4/c1-11(2,3)17-10(15)13-6-7(12)5-8(13)9(14)16-4/h7-8H,5-6H2,1-4H3/t7-,8+/m1/s1/i12-1. The van der Waals surface area contributed by atoms with E-state index in [1.54, 1.807) is 20.8 Å². The number of rotatable bonds is 1. The molecule has 0 aliphatic carbocycles. The van der Waals surface area contributed by atoms with Crippen LogP contribution in [0.4, 0.5) is 9.18 Å². The number of likely N-dealkylation sites (tertiary alicyclic amines) is 1. The smallest absolute Gasteiger partial charge is 0.411 e. The van der Waals surface area contributed by atoms with E-state index < -0.39 is 29.9 Å². The van der Waals surface area contributed by atoms with Gasteiger partial charge in [0, 0.05) is 6.42 Å². The Kier molecular flexibility index (Phi) is 3.95. The first-order valence-electron chi connectivity index (χ1n) is 5.46. The van der Waals surface area contributed by atoms with Crippen LogP contribution in [0.1, 0.15) is 27.2 Å². The quantitative estimate of drug-likeness (QED) is 0.658. The molecule has 0 bridgehead atoms. The molecule has 1 rings (SSSR count). The summed E-state index contributed by atoms with van der Waals surface area (Å²) in [6.07, 6.45) is -1.94. The normalized spacial score (nSPS) is 24.6. The molecule has 1 fully saturated rings. The molecule has 0 unspecified atom stereocenters. The molecule has 0 aromatic carbocycles. The largest absolute Gasteiger partial charge is 0.467 e. The van der Waals surface area contributed by atoms with Crippen LogP contribution >= 0.6 is 0 Å². The number of esters is 1. The third-order valence-corrected chi connectivity index (χ3v) is 2.35. The van der Waals surface area contributed by atoms with Gasteiger partial charge in [-0.2, -0.15) is 0 Å². The summed E-state index contributed by atoms with van der Waals surface area (Å²) in [5.41, 5.74) is -0.674. The summed E-state index contributed by atoms with van der Waals surface area (Å²) in [7, 11) is 1.21. The zero-order chi connectivity index (χ0) is 13.2. The van der Waals surface area contributed by atoms with Gasteiger partial charge >= 0.3 is 12.1 Å². The molecule has 1 aliphatic rings. The number of alkyl halides is 1. The lowest BCUT2D eigenvalue weighted by molar-refractivity contribution is -0.145. The topological polar surface area (TPSA) is 55.8 Å². The van der Waals surface area contributed by atoms with Crippen molar-refractivity contribution in [1.82, 2.24) is 4.90 Å². The van der Waals surface area contributed by atoms with Crippen molar-refractivity contribution < 1.29 is 23.5 Å². The molecule has 0 N–H and O–H groups in total. The molecule has 1 saturated heterocycles. The minimum absolute atomic E-state index is 0.0358. The summed E-state index contributed by atoms with van der Waals surface area (Å²) in [5, 5.41) is 0. The summed E-state index contributed by atoms with van der Waals surface area (Å²) in [4.78, 5) is 24.3. The molecule has 0 aromatic rings. The minimum atomic E-state index is -1.22. The summed E-state index contributed by atoms with van der Waals surface area (Å²) >= 11 is 0. The number of hydrogen-bond acceptors (Lipinski definition) is 4. The third kappa shape index (κ3) is 3.57. The molecule has 0 aromatic heterocycles. The van der Waals surface area contributed by atoms with E-state index in [1.807, 2.05) is 0 Å². The van der Waals surface area contributed by atoms with Gasteiger partial charge in [-0.25, -0.2) is 14.0 Å². The SMILES string of the molecule is COC(=O)[C@@H]1C[C@@H]([18F])CN1C(=O)OC(C)(C)C. The summed E-state index contributed by atoms with van der Waals surface area (Å²) < 4.78 is 22.9. The number of nitrogens with zero attached hydrogens (tertiary/aromatic N) is 1. The van der Waals surface area contributed by atoms with E-state index in [9.17, 15) is 14.0 Å². The molecular weight excluding hydrogens is 228 g/mol. The van der Waals surface area contributed by atoms with Gasteiger partial charge in [0.2, 0.25) is 0 Å². The van der Waals surface area contributed by atoms with E-state index in [0.29, 0.717) is 0 Å². The van der Waals surface area contributed by atoms with Crippen LogP contribution in [-0.4, -0.2) is 48.4 Å². The maximum Gasteiger partial charge on any atom is 0.411 e. The predicted octanol–water partition coefficient (Wildman–Crippen LogP) is 1.51. The number of ether oxygens (including phenoxy) is 2. The number of carbonyl (C=O) groups excluding carboxylic acids is 2. The van der Waals surface area contributed by atoms with Gasteiger partial charge < -0.3 is 9.47 Å². The molecule has 1 amide bonds. The molecule has 1 aliphatic heterocycles. The van der Waals surface area contributed by atoms with Gasteiger partial charge in [0.05, 0.1) is 13.7 Å². The monoisotopic (exact) mass is 246 g/mol. The number of hydrogen-bond donors (Lipinski definition) is 0. The van der Waals surface area contributed by atoms with Crippen LogP contribution in [0, 0.1) is 0 Å². The van der Waals surface area contributed by atoms with E-state index in [2.05, 4.69) is 4.74 Å². The van der Waals surface area contributed by atoms with Gasteiger partial charge in [0.25, 0.3) is 0 Å². The van der Waals surface area contributed by atoms with Crippen molar-refractivity contribution in [2.24, 2.45) is 0 Å². The summed E-state index contributed by atoms with van der Waals surface area (Å²) in [6.45, 7) is 5.00. The summed E-state index contributed by atoms with van der Waals surface area (Å²) in [6, 6.07) is -0.884. The molecule has 2 atom stereocenters. The van der Waals surface area contributed by atoms with Crippen LogP contribution in [0.5, 0.6) is 0 Å². The van der Waals surface area contributed by atoms with E-state index in [-0.39, 0.29) is 13.0 Å². The third-order valence-electron chi connectivity index (χ3n) is 2.35. The van der Waals surface area contributed by atoms with E-state index in [0.717, 1.165) is 4.90 Å². The number of carbonyl (C=O) groups is 2. The van der Waals surface area contributed by atoms with Crippen molar-refractivity contribution in [2.75, 3.05) is 13.7 Å². The summed E-state index contributed by atoms with van der Waals surface area (Å²) in [5.74, 6) is -0.615. The molecule has 1 heterocycles. The van der Waals surface area contributed by atoms with Gasteiger partial charge in [-0.15, -0.1) is 0 Å². The van der Waals surface area contributed by atoms with Crippen LogP contribution in [0.3, 0.4) is 0 Å². The van der Waals surface area contributed by atoms with Crippen LogP contribution in [-0.2, 0) is 14.3 Å². The fourth-order valence-electron chi connectivity index (χ4n) is 1.67. The highest BCUT2D eigenvalue weighted by Gasteiger charge is 2.42. The molecule has 98 valence electrons. The van der Waals surface area contributed by atoms with Gasteiger partial charge in [-0.3, -0.25) is 4.90 Å². The zero-order valence-corrected chi connectivity index (χ0v) is 10.5. The lowest BCUT2D eigenvalue weighted by Crippen LogP contribution is -2.43. The molecule has 0 saturated carbocycles. The van der Waals surface area contributed by atoms with Crippen LogP contribution in [0.25, 0.3) is 0 Å². The average Bonchev–Trinajstić information content (AvgIpc) is 2.56. The Bertz CT molecular complexity index is 313. The second-order valence-electron chi connectivity index (χ2n) is 5.00. The number of amides is 1. The highest BCUT2D eigenvalue weighted by atomic mass is 18.2. The second kappa shape index (κ2) is 4.89. The molecule has 0 spiro atoms. The molecule has 0 radical (unpaired) electrons. The molecule has 6 heteroatoms. The van der Waals surface area contributed by atoms with Gasteiger partial charge in [-0.1, -0.05) is 0 Å². The van der Waals surface area contributed by atoms with Crippen LogP contribution in [0.2, 0.25) is 0 Å². The van der Waals surface area contributed by atoms with Crippen molar-refractivity contribution in [3.05, 3.63) is 0 Å². The van der Waals surface area contributed by atoms with Crippen LogP contribution in [0.15, 0.2) is 0 Å². The van der Waals surface area contributed by atoms with Gasteiger partial charge in [0.15, 0.2) is 0 Å². The Morgan fingerprint density at radius 2 is 1.94 bits per heavy atom. The molecular formula is C11H18FNO4. The maximum absolute atomic E-state index is 13.3. The first kappa shape index (κ1) is 13.7. The Balaban J connectivity index is 2.73. The first-order valence-corrected chi connectivity index (χ1v) is 5.46. The Hall–Kier alpha value is -1.33. The van der Waals surface area contributed by atoms with Crippen molar-refractivity contribution in [1.29, 1.82) is 0 Å². The second-order valence-corrected chi connectivity index (χ2v) is 5.00. The highest BCUT2D eigenvalue weighted by molar-refractivity contribution is 5.82. The van der Waals surface area contributed by atoms with E-state index in [1.165, 1.54) is 7.11 Å². The average molecular weight is 246 g/mol. The number of methoxy groups -OCH3 is 1. The fourth-order valence-corrected chi connectivity index (χ4v) is 1.67. The predicted molar refractivity (Wildman–Crippen MR) is 58.3 cm³/mol. The Morgan fingerprint density at radius 1 is 1.35 bits per heavy atom. The van der Waals surface area contributed by atoms with E-state index >= 15 is 0 Å². The zero-order valence-electron chi connectivity index (χ0n) is 10.5. The number of halogens is 1. The van der Waals surface area contributed by atoms with Crippen molar-refractivity contribution in [3.63, 3.8) is 0 Å². The van der Waals surface area contributed by atoms with Gasteiger partial charge in [0.1, 0.15) is 17.8 Å². The van der Waals surface area contributed by atoms with Crippen molar-refractivity contribution in [2.45, 2.75) is 45.0 Å².